The van der Waals surface area contributed by atoms with Crippen LogP contribution in [0, 0.1) is 13.8 Å². The van der Waals surface area contributed by atoms with E-state index >= 15 is 0 Å². The van der Waals surface area contributed by atoms with Gasteiger partial charge in [-0.25, -0.2) is 0 Å². The fourth-order valence-corrected chi connectivity index (χ4v) is 2.32. The van der Waals surface area contributed by atoms with Gasteiger partial charge < -0.3 is 9.64 Å². The minimum Gasteiger partial charge on any atom is -0.370 e. The molecule has 0 saturated carbocycles. The van der Waals surface area contributed by atoms with Crippen LogP contribution in [0.1, 0.15) is 21.5 Å². The number of hydrogen-bond donors (Lipinski definition) is 0. The number of benzene rings is 1. The zero-order valence-electron chi connectivity index (χ0n) is 11.6. The first-order valence-corrected chi connectivity index (χ1v) is 6.33. The summed E-state index contributed by atoms with van der Waals surface area (Å²) in [7, 11) is 0. The van der Waals surface area contributed by atoms with Gasteiger partial charge in [-0.05, 0) is 25.0 Å². The lowest BCUT2D eigenvalue weighted by Crippen LogP contribution is -2.34. The molecule has 0 unspecified atom stereocenters. The highest BCUT2D eigenvalue weighted by Crippen LogP contribution is 2.34. The predicted octanol–water partition coefficient (Wildman–Crippen LogP) is 2.41. The van der Waals surface area contributed by atoms with Gasteiger partial charge >= 0.3 is 6.18 Å². The number of ketones is 1. The van der Waals surface area contributed by atoms with Crippen LogP contribution in [0.5, 0.6) is 0 Å². The summed E-state index contributed by atoms with van der Waals surface area (Å²) in [4.78, 5) is 25.1. The summed E-state index contributed by atoms with van der Waals surface area (Å²) >= 11 is 0. The molecule has 1 aromatic rings. The topological polar surface area (TPSA) is 46.6 Å². The van der Waals surface area contributed by atoms with E-state index in [-0.39, 0.29) is 13.2 Å². The SMILES string of the molecule is Cc1ccc(C)c2c1C(=O)C(=O)N2CCOCC(F)(F)F. The molecule has 2 rings (SSSR count). The van der Waals surface area contributed by atoms with Crippen LogP contribution in [0.15, 0.2) is 12.1 Å². The first-order valence-electron chi connectivity index (χ1n) is 6.33. The van der Waals surface area contributed by atoms with Crippen molar-refractivity contribution in [2.24, 2.45) is 0 Å². The summed E-state index contributed by atoms with van der Waals surface area (Å²) in [6.45, 7) is 1.72. The molecule has 0 radical (unpaired) electrons. The van der Waals surface area contributed by atoms with E-state index in [2.05, 4.69) is 4.74 Å². The Kier molecular flexibility index (Phi) is 4.04. The summed E-state index contributed by atoms with van der Waals surface area (Å²) < 4.78 is 40.5. The summed E-state index contributed by atoms with van der Waals surface area (Å²) in [6.07, 6.45) is -4.41. The average Bonchev–Trinajstić information content (AvgIpc) is 2.63. The fourth-order valence-electron chi connectivity index (χ4n) is 2.32. The van der Waals surface area contributed by atoms with Crippen LogP contribution in [0.2, 0.25) is 0 Å². The summed E-state index contributed by atoms with van der Waals surface area (Å²) in [5.74, 6) is -1.35. The number of halogens is 3. The molecule has 1 aromatic carbocycles. The molecule has 0 spiro atoms. The predicted molar refractivity (Wildman–Crippen MR) is 69.5 cm³/mol. The molecular formula is C14H14F3NO3. The Morgan fingerprint density at radius 2 is 1.76 bits per heavy atom. The Labute approximate surface area is 119 Å². The molecule has 1 heterocycles. The van der Waals surface area contributed by atoms with Crippen molar-refractivity contribution < 1.29 is 27.5 Å². The highest BCUT2D eigenvalue weighted by Gasteiger charge is 2.38. The van der Waals surface area contributed by atoms with Gasteiger partial charge in [-0.2, -0.15) is 13.2 Å². The number of aryl methyl sites for hydroxylation is 2. The summed E-state index contributed by atoms with van der Waals surface area (Å²) in [6, 6.07) is 3.51. The standard InChI is InChI=1S/C14H14F3NO3/c1-8-3-4-9(2)11-10(8)12(19)13(20)18(11)5-6-21-7-14(15,16)17/h3-4H,5-7H2,1-2H3. The maximum Gasteiger partial charge on any atom is 0.411 e. The van der Waals surface area contributed by atoms with Crippen molar-refractivity contribution in [3.8, 4) is 0 Å². The van der Waals surface area contributed by atoms with Gasteiger partial charge in [0.1, 0.15) is 6.61 Å². The first-order chi connectivity index (χ1) is 9.72. The van der Waals surface area contributed by atoms with E-state index in [1.165, 1.54) is 4.90 Å². The number of carbonyl (C=O) groups excluding carboxylic acids is 2. The highest BCUT2D eigenvalue weighted by molar-refractivity contribution is 6.52. The molecule has 0 aliphatic carbocycles. The Hall–Kier alpha value is -1.89. The molecule has 0 saturated heterocycles. The summed E-state index contributed by atoms with van der Waals surface area (Å²) in [5.41, 5.74) is 2.20. The van der Waals surface area contributed by atoms with Gasteiger partial charge in [0.15, 0.2) is 0 Å². The second-order valence-electron chi connectivity index (χ2n) is 4.88. The molecule has 1 aliphatic heterocycles. The molecular weight excluding hydrogens is 287 g/mol. The average molecular weight is 301 g/mol. The number of alkyl halides is 3. The number of hydrogen-bond acceptors (Lipinski definition) is 3. The molecule has 1 aliphatic rings. The molecule has 7 heteroatoms. The Balaban J connectivity index is 2.14. The van der Waals surface area contributed by atoms with Gasteiger partial charge in [0.05, 0.1) is 17.9 Å². The Bertz CT molecular complexity index is 596. The lowest BCUT2D eigenvalue weighted by molar-refractivity contribution is -0.173. The quantitative estimate of drug-likeness (QED) is 0.634. The number of Topliss-reactive ketones (excluding diaryl/α,β-unsaturated/α-hetero) is 1. The minimum atomic E-state index is -4.41. The minimum absolute atomic E-state index is 0.0854. The van der Waals surface area contributed by atoms with Crippen LogP contribution >= 0.6 is 0 Å². The van der Waals surface area contributed by atoms with E-state index in [0.717, 1.165) is 5.56 Å². The van der Waals surface area contributed by atoms with E-state index in [1.807, 2.05) is 0 Å². The van der Waals surface area contributed by atoms with Crippen molar-refractivity contribution in [1.29, 1.82) is 0 Å². The van der Waals surface area contributed by atoms with Gasteiger partial charge in [0, 0.05) is 6.54 Å². The molecule has 4 nitrogen and oxygen atoms in total. The van der Waals surface area contributed by atoms with Crippen molar-refractivity contribution in [3.05, 3.63) is 28.8 Å². The number of ether oxygens (including phenoxy) is 1. The third-order valence-corrected chi connectivity index (χ3v) is 3.25. The van der Waals surface area contributed by atoms with Crippen molar-refractivity contribution in [2.75, 3.05) is 24.7 Å². The summed E-state index contributed by atoms with van der Waals surface area (Å²) in [5, 5.41) is 0. The van der Waals surface area contributed by atoms with Gasteiger partial charge in [-0.1, -0.05) is 12.1 Å². The molecule has 0 fully saturated rings. The van der Waals surface area contributed by atoms with Crippen molar-refractivity contribution in [3.63, 3.8) is 0 Å². The third kappa shape index (κ3) is 3.07. The van der Waals surface area contributed by atoms with Gasteiger partial charge in [0.25, 0.3) is 11.7 Å². The van der Waals surface area contributed by atoms with Crippen LogP contribution in [-0.2, 0) is 9.53 Å². The van der Waals surface area contributed by atoms with Crippen molar-refractivity contribution >= 4 is 17.4 Å². The Morgan fingerprint density at radius 3 is 2.38 bits per heavy atom. The second-order valence-corrected chi connectivity index (χ2v) is 4.88. The zero-order chi connectivity index (χ0) is 15.8. The molecule has 1 amide bonds. The van der Waals surface area contributed by atoms with Crippen LogP contribution in [0.4, 0.5) is 18.9 Å². The largest absolute Gasteiger partial charge is 0.411 e. The molecule has 0 atom stereocenters. The lowest BCUT2D eigenvalue weighted by Gasteiger charge is -2.19. The van der Waals surface area contributed by atoms with Crippen LogP contribution < -0.4 is 4.90 Å². The number of fused-ring (bicyclic) bond motifs is 1. The Morgan fingerprint density at radius 1 is 1.14 bits per heavy atom. The number of amides is 1. The second kappa shape index (κ2) is 5.48. The normalized spacial score (nSPS) is 14.8. The number of nitrogens with zero attached hydrogens (tertiary/aromatic N) is 1. The third-order valence-electron chi connectivity index (χ3n) is 3.25. The molecule has 114 valence electrons. The smallest absolute Gasteiger partial charge is 0.370 e. The maximum atomic E-state index is 12.0. The van der Waals surface area contributed by atoms with E-state index in [1.54, 1.807) is 26.0 Å². The molecule has 0 aromatic heterocycles. The molecule has 0 N–H and O–H groups in total. The van der Waals surface area contributed by atoms with Gasteiger partial charge in [0.2, 0.25) is 0 Å². The van der Waals surface area contributed by atoms with Crippen LogP contribution in [0.25, 0.3) is 0 Å². The van der Waals surface area contributed by atoms with Gasteiger partial charge in [-0.3, -0.25) is 9.59 Å². The van der Waals surface area contributed by atoms with E-state index in [4.69, 9.17) is 0 Å². The highest BCUT2D eigenvalue weighted by atomic mass is 19.4. The maximum absolute atomic E-state index is 12.0. The van der Waals surface area contributed by atoms with Crippen LogP contribution in [0.3, 0.4) is 0 Å². The van der Waals surface area contributed by atoms with E-state index < -0.39 is 24.5 Å². The van der Waals surface area contributed by atoms with Crippen LogP contribution in [-0.4, -0.2) is 37.6 Å². The van der Waals surface area contributed by atoms with Crippen molar-refractivity contribution in [2.45, 2.75) is 20.0 Å². The van der Waals surface area contributed by atoms with Crippen molar-refractivity contribution in [1.82, 2.24) is 0 Å². The molecule has 0 bridgehead atoms. The number of anilines is 1. The number of rotatable bonds is 4. The fraction of sp³-hybridized carbons (Fsp3) is 0.429. The first kappa shape index (κ1) is 15.5. The number of carbonyl (C=O) groups is 2. The zero-order valence-corrected chi connectivity index (χ0v) is 11.6. The van der Waals surface area contributed by atoms with E-state index in [0.29, 0.717) is 16.8 Å². The van der Waals surface area contributed by atoms with Gasteiger partial charge in [-0.15, -0.1) is 0 Å². The van der Waals surface area contributed by atoms with E-state index in [9.17, 15) is 22.8 Å². The molecule has 21 heavy (non-hydrogen) atoms. The lowest BCUT2D eigenvalue weighted by atomic mass is 10.0. The monoisotopic (exact) mass is 301 g/mol.